The Hall–Kier alpha value is -0.780. The second-order valence-electron chi connectivity index (χ2n) is 4.89. The first kappa shape index (κ1) is 14.6. The third-order valence-corrected chi connectivity index (χ3v) is 3.98. The van der Waals surface area contributed by atoms with Crippen LogP contribution in [0.4, 0.5) is 4.39 Å². The second-order valence-corrected chi connectivity index (χ2v) is 5.80. The van der Waals surface area contributed by atoms with Crippen molar-refractivity contribution in [3.8, 4) is 0 Å². The molecule has 1 aliphatic rings. The summed E-state index contributed by atoms with van der Waals surface area (Å²) >= 11 is 3.27. The summed E-state index contributed by atoms with van der Waals surface area (Å²) in [5, 5.41) is 3.28. The van der Waals surface area contributed by atoms with Gasteiger partial charge in [0.2, 0.25) is 0 Å². The van der Waals surface area contributed by atoms with E-state index in [1.807, 2.05) is 6.92 Å². The molecule has 1 atom stereocenters. The molecule has 5 heteroatoms. The Morgan fingerprint density at radius 2 is 2.16 bits per heavy atom. The molecule has 1 aromatic carbocycles. The van der Waals surface area contributed by atoms with Crippen molar-refractivity contribution in [1.82, 2.24) is 10.2 Å². The highest BCUT2D eigenvalue weighted by Crippen LogP contribution is 2.18. The lowest BCUT2D eigenvalue weighted by Gasteiger charge is -2.32. The molecule has 1 aromatic rings. The van der Waals surface area contributed by atoms with Gasteiger partial charge in [0.05, 0.1) is 5.56 Å². The maximum Gasteiger partial charge on any atom is 0.167 e. The standard InChI is InChI=1S/C14H18BrFN2O/c1-10(18-6-4-17-5-7-18)8-14(19)12-9-11(15)2-3-13(12)16/h2-3,9-10,17H,4-8H2,1H3. The quantitative estimate of drug-likeness (QED) is 0.862. The van der Waals surface area contributed by atoms with Gasteiger partial charge in [-0.3, -0.25) is 9.69 Å². The summed E-state index contributed by atoms with van der Waals surface area (Å²) in [4.78, 5) is 14.4. The van der Waals surface area contributed by atoms with Crippen molar-refractivity contribution in [2.24, 2.45) is 0 Å². The molecule has 1 aliphatic heterocycles. The average molecular weight is 329 g/mol. The third kappa shape index (κ3) is 3.84. The number of nitrogens with zero attached hydrogens (tertiary/aromatic N) is 1. The van der Waals surface area contributed by atoms with Crippen LogP contribution in [0, 0.1) is 5.82 Å². The fourth-order valence-electron chi connectivity index (χ4n) is 2.34. The molecule has 1 heterocycles. The summed E-state index contributed by atoms with van der Waals surface area (Å²) in [7, 11) is 0. The van der Waals surface area contributed by atoms with Gasteiger partial charge >= 0.3 is 0 Å². The Morgan fingerprint density at radius 1 is 1.47 bits per heavy atom. The van der Waals surface area contributed by atoms with Gasteiger partial charge in [-0.05, 0) is 25.1 Å². The van der Waals surface area contributed by atoms with Crippen LogP contribution in [0.15, 0.2) is 22.7 Å². The van der Waals surface area contributed by atoms with Gasteiger partial charge in [-0.25, -0.2) is 4.39 Å². The van der Waals surface area contributed by atoms with Crippen molar-refractivity contribution in [2.45, 2.75) is 19.4 Å². The van der Waals surface area contributed by atoms with Crippen LogP contribution in [0.2, 0.25) is 0 Å². The van der Waals surface area contributed by atoms with E-state index >= 15 is 0 Å². The van der Waals surface area contributed by atoms with Gasteiger partial charge in [0.15, 0.2) is 5.78 Å². The number of nitrogens with one attached hydrogen (secondary N) is 1. The molecule has 0 radical (unpaired) electrons. The van der Waals surface area contributed by atoms with E-state index in [0.717, 1.165) is 30.7 Å². The van der Waals surface area contributed by atoms with Crippen LogP contribution >= 0.6 is 15.9 Å². The average Bonchev–Trinajstić information content (AvgIpc) is 2.42. The maximum absolute atomic E-state index is 13.6. The number of rotatable bonds is 4. The number of carbonyl (C=O) groups is 1. The molecule has 2 rings (SSSR count). The summed E-state index contributed by atoms with van der Waals surface area (Å²) in [5.41, 5.74) is 0.177. The minimum atomic E-state index is -0.444. The Morgan fingerprint density at radius 3 is 2.84 bits per heavy atom. The topological polar surface area (TPSA) is 32.3 Å². The van der Waals surface area contributed by atoms with Crippen LogP contribution < -0.4 is 5.32 Å². The minimum absolute atomic E-state index is 0.134. The fourth-order valence-corrected chi connectivity index (χ4v) is 2.70. The van der Waals surface area contributed by atoms with Crippen LogP contribution in [0.5, 0.6) is 0 Å². The zero-order chi connectivity index (χ0) is 13.8. The highest BCUT2D eigenvalue weighted by Gasteiger charge is 2.21. The molecule has 104 valence electrons. The monoisotopic (exact) mass is 328 g/mol. The number of Topliss-reactive ketones (excluding diaryl/α,β-unsaturated/α-hetero) is 1. The molecule has 0 aliphatic carbocycles. The molecule has 0 saturated carbocycles. The number of hydrogen-bond donors (Lipinski definition) is 1. The van der Waals surface area contributed by atoms with E-state index in [1.54, 1.807) is 12.1 Å². The normalized spacial score (nSPS) is 18.3. The number of carbonyl (C=O) groups excluding carboxylic acids is 1. The van der Waals surface area contributed by atoms with E-state index in [-0.39, 0.29) is 17.4 Å². The maximum atomic E-state index is 13.6. The zero-order valence-electron chi connectivity index (χ0n) is 11.0. The van der Waals surface area contributed by atoms with Gasteiger partial charge in [-0.15, -0.1) is 0 Å². The number of halogens is 2. The summed E-state index contributed by atoms with van der Waals surface area (Å²) in [6.45, 7) is 5.80. The summed E-state index contributed by atoms with van der Waals surface area (Å²) in [6.07, 6.45) is 0.355. The lowest BCUT2D eigenvalue weighted by molar-refractivity contribution is 0.0914. The van der Waals surface area contributed by atoms with Crippen molar-refractivity contribution in [3.63, 3.8) is 0 Å². The second kappa shape index (κ2) is 6.59. The SMILES string of the molecule is CC(CC(=O)c1cc(Br)ccc1F)N1CCNCC1. The van der Waals surface area contributed by atoms with Gasteiger partial charge < -0.3 is 5.32 Å². The molecule has 0 spiro atoms. The molecule has 3 nitrogen and oxygen atoms in total. The van der Waals surface area contributed by atoms with Gasteiger partial charge in [0.1, 0.15) is 5.82 Å². The molecule has 19 heavy (non-hydrogen) atoms. The van der Waals surface area contributed by atoms with Crippen LogP contribution in [0.3, 0.4) is 0 Å². The predicted molar refractivity (Wildman–Crippen MR) is 77.0 cm³/mol. The minimum Gasteiger partial charge on any atom is -0.314 e. The zero-order valence-corrected chi connectivity index (χ0v) is 12.5. The summed E-state index contributed by atoms with van der Waals surface area (Å²) in [5.74, 6) is -0.578. The van der Waals surface area contributed by atoms with E-state index in [1.165, 1.54) is 6.07 Å². The highest BCUT2D eigenvalue weighted by atomic mass is 79.9. The van der Waals surface area contributed by atoms with Crippen LogP contribution in [-0.4, -0.2) is 42.9 Å². The smallest absolute Gasteiger partial charge is 0.167 e. The van der Waals surface area contributed by atoms with Gasteiger partial charge in [0, 0.05) is 43.1 Å². The number of hydrogen-bond acceptors (Lipinski definition) is 3. The van der Waals surface area contributed by atoms with Crippen molar-refractivity contribution in [2.75, 3.05) is 26.2 Å². The van der Waals surface area contributed by atoms with E-state index in [0.29, 0.717) is 6.42 Å². The predicted octanol–water partition coefficient (Wildman–Crippen LogP) is 2.45. The van der Waals surface area contributed by atoms with Crippen LogP contribution in [0.1, 0.15) is 23.7 Å². The van der Waals surface area contributed by atoms with Crippen molar-refractivity contribution in [1.29, 1.82) is 0 Å². The van der Waals surface area contributed by atoms with Crippen LogP contribution in [-0.2, 0) is 0 Å². The highest BCUT2D eigenvalue weighted by molar-refractivity contribution is 9.10. The van der Waals surface area contributed by atoms with E-state index in [2.05, 4.69) is 26.1 Å². The van der Waals surface area contributed by atoms with Crippen molar-refractivity contribution in [3.05, 3.63) is 34.1 Å². The Labute approximate surface area is 121 Å². The largest absolute Gasteiger partial charge is 0.314 e. The number of piperazine rings is 1. The molecule has 0 aromatic heterocycles. The first-order chi connectivity index (χ1) is 9.08. The first-order valence-electron chi connectivity index (χ1n) is 6.51. The lowest BCUT2D eigenvalue weighted by atomic mass is 10.0. The van der Waals surface area contributed by atoms with Gasteiger partial charge in [0.25, 0.3) is 0 Å². The van der Waals surface area contributed by atoms with E-state index in [9.17, 15) is 9.18 Å². The lowest BCUT2D eigenvalue weighted by Crippen LogP contribution is -2.48. The Balaban J connectivity index is 2.01. The molecule has 1 unspecified atom stereocenters. The third-order valence-electron chi connectivity index (χ3n) is 3.48. The van der Waals surface area contributed by atoms with Gasteiger partial charge in [-0.2, -0.15) is 0 Å². The fraction of sp³-hybridized carbons (Fsp3) is 0.500. The number of ketones is 1. The van der Waals surface area contributed by atoms with Crippen molar-refractivity contribution >= 4 is 21.7 Å². The van der Waals surface area contributed by atoms with Gasteiger partial charge in [-0.1, -0.05) is 15.9 Å². The summed E-state index contributed by atoms with van der Waals surface area (Å²) < 4.78 is 14.4. The molecule has 1 fully saturated rings. The molecular formula is C14H18BrFN2O. The first-order valence-corrected chi connectivity index (χ1v) is 7.30. The molecule has 0 amide bonds. The van der Waals surface area contributed by atoms with Crippen LogP contribution in [0.25, 0.3) is 0 Å². The molecule has 0 bridgehead atoms. The Bertz CT molecular complexity index is 461. The molecular weight excluding hydrogens is 311 g/mol. The summed E-state index contributed by atoms with van der Waals surface area (Å²) in [6, 6.07) is 4.63. The van der Waals surface area contributed by atoms with Crippen molar-refractivity contribution < 1.29 is 9.18 Å². The van der Waals surface area contributed by atoms with E-state index in [4.69, 9.17) is 0 Å². The van der Waals surface area contributed by atoms with E-state index < -0.39 is 5.82 Å². The Kier molecular flexibility index (Phi) is 5.07. The molecule has 1 N–H and O–H groups in total. The molecule has 1 saturated heterocycles. The number of benzene rings is 1.